The van der Waals surface area contributed by atoms with Gasteiger partial charge in [0.2, 0.25) is 0 Å². The molecule has 0 amide bonds. The molecule has 1 aromatic heterocycles. The number of aromatic nitrogens is 2. The van der Waals surface area contributed by atoms with Crippen LogP contribution >= 0.6 is 0 Å². The lowest BCUT2D eigenvalue weighted by Gasteiger charge is -2.08. The fraction of sp³-hybridized carbons (Fsp3) is 0.0667. The van der Waals surface area contributed by atoms with Crippen molar-refractivity contribution in [3.63, 3.8) is 0 Å². The maximum absolute atomic E-state index is 14.0. The van der Waals surface area contributed by atoms with Crippen molar-refractivity contribution >= 4 is 16.9 Å². The quantitative estimate of drug-likeness (QED) is 0.710. The fourth-order valence-electron chi connectivity index (χ4n) is 2.23. The lowest BCUT2D eigenvalue weighted by atomic mass is 9.99. The third-order valence-electron chi connectivity index (χ3n) is 3.25. The number of halogens is 1. The van der Waals surface area contributed by atoms with E-state index in [2.05, 4.69) is 10.2 Å². The number of rotatable bonds is 2. The number of ether oxygens (including phenoxy) is 1. The summed E-state index contributed by atoms with van der Waals surface area (Å²) in [6, 6.07) is 7.49. The van der Waals surface area contributed by atoms with Gasteiger partial charge in [-0.15, -0.1) is 0 Å². The first-order valence-corrected chi connectivity index (χ1v) is 6.15. The third-order valence-corrected chi connectivity index (χ3v) is 3.25. The number of methoxy groups -OCH3 is 1. The summed E-state index contributed by atoms with van der Waals surface area (Å²) in [5.41, 5.74) is 1.49. The van der Waals surface area contributed by atoms with E-state index in [-0.39, 0.29) is 11.1 Å². The van der Waals surface area contributed by atoms with E-state index in [1.54, 1.807) is 6.07 Å². The minimum absolute atomic E-state index is 0.191. The molecule has 0 aliphatic rings. The molecule has 0 bridgehead atoms. The van der Waals surface area contributed by atoms with E-state index in [1.807, 2.05) is 0 Å². The summed E-state index contributed by atoms with van der Waals surface area (Å²) >= 11 is 0. The van der Waals surface area contributed by atoms with Gasteiger partial charge in [-0.1, -0.05) is 12.1 Å². The smallest absolute Gasteiger partial charge is 0.338 e. The Bertz CT molecular complexity index is 842. The Hall–Kier alpha value is -2.89. The molecule has 106 valence electrons. The van der Waals surface area contributed by atoms with Crippen LogP contribution in [0.2, 0.25) is 0 Å². The summed E-state index contributed by atoms with van der Waals surface area (Å²) in [5.74, 6) is -1.73. The maximum atomic E-state index is 14.0. The van der Waals surface area contributed by atoms with Gasteiger partial charge in [0, 0.05) is 10.9 Å². The molecule has 0 radical (unpaired) electrons. The fourth-order valence-corrected chi connectivity index (χ4v) is 2.23. The van der Waals surface area contributed by atoms with Gasteiger partial charge in [0.15, 0.2) is 11.6 Å². The molecule has 0 atom stereocenters. The van der Waals surface area contributed by atoms with Crippen LogP contribution in [0.4, 0.5) is 4.39 Å². The number of esters is 1. The second kappa shape index (κ2) is 4.90. The Morgan fingerprint density at radius 3 is 2.95 bits per heavy atom. The van der Waals surface area contributed by atoms with Crippen LogP contribution in [0, 0.1) is 5.82 Å². The van der Waals surface area contributed by atoms with E-state index in [0.29, 0.717) is 16.5 Å². The molecular formula is C15H11FN2O3. The van der Waals surface area contributed by atoms with Gasteiger partial charge in [-0.05, 0) is 23.8 Å². The standard InChI is InChI=1S/C15H11FN2O3/c1-21-15(20)10-5-8(6-12-11(10)7-17-18-12)9-3-2-4-13(19)14(9)16/h2-7,19H,1H3,(H,17,18). The van der Waals surface area contributed by atoms with E-state index in [1.165, 1.54) is 37.6 Å². The van der Waals surface area contributed by atoms with Crippen LogP contribution < -0.4 is 0 Å². The molecule has 0 fully saturated rings. The predicted molar refractivity (Wildman–Crippen MR) is 74.5 cm³/mol. The van der Waals surface area contributed by atoms with E-state index in [9.17, 15) is 14.3 Å². The van der Waals surface area contributed by atoms with E-state index in [4.69, 9.17) is 4.74 Å². The summed E-state index contributed by atoms with van der Waals surface area (Å²) in [6.45, 7) is 0. The number of aromatic amines is 1. The van der Waals surface area contributed by atoms with Gasteiger partial charge in [-0.2, -0.15) is 5.10 Å². The predicted octanol–water partition coefficient (Wildman–Crippen LogP) is 2.86. The summed E-state index contributed by atoms with van der Waals surface area (Å²) < 4.78 is 18.8. The lowest BCUT2D eigenvalue weighted by Crippen LogP contribution is -2.02. The Morgan fingerprint density at radius 2 is 2.19 bits per heavy atom. The van der Waals surface area contributed by atoms with Crippen LogP contribution in [0.1, 0.15) is 10.4 Å². The molecule has 0 saturated heterocycles. The van der Waals surface area contributed by atoms with Gasteiger partial charge in [0.1, 0.15) is 0 Å². The number of carbonyl (C=O) groups is 1. The molecule has 0 unspecified atom stereocenters. The minimum atomic E-state index is -0.743. The van der Waals surface area contributed by atoms with Gasteiger partial charge in [-0.25, -0.2) is 9.18 Å². The molecular weight excluding hydrogens is 275 g/mol. The average Bonchev–Trinajstić information content (AvgIpc) is 2.96. The van der Waals surface area contributed by atoms with E-state index >= 15 is 0 Å². The zero-order valence-electron chi connectivity index (χ0n) is 11.1. The summed E-state index contributed by atoms with van der Waals surface area (Å²) in [6.07, 6.45) is 1.50. The molecule has 3 rings (SSSR count). The number of hydrogen-bond acceptors (Lipinski definition) is 4. The SMILES string of the molecule is COC(=O)c1cc(-c2cccc(O)c2F)cc2[nH]ncc12. The van der Waals surface area contributed by atoms with Crippen molar-refractivity contribution in [2.75, 3.05) is 7.11 Å². The van der Waals surface area contributed by atoms with E-state index < -0.39 is 17.5 Å². The number of carbonyl (C=O) groups excluding carboxylic acids is 1. The molecule has 0 spiro atoms. The molecule has 0 aliphatic heterocycles. The van der Waals surface area contributed by atoms with Crippen molar-refractivity contribution in [3.8, 4) is 16.9 Å². The highest BCUT2D eigenvalue weighted by Crippen LogP contribution is 2.31. The molecule has 2 N–H and O–H groups in total. The zero-order valence-corrected chi connectivity index (χ0v) is 11.1. The van der Waals surface area contributed by atoms with Gasteiger partial charge < -0.3 is 9.84 Å². The van der Waals surface area contributed by atoms with E-state index in [0.717, 1.165) is 0 Å². The highest BCUT2D eigenvalue weighted by molar-refractivity contribution is 6.05. The van der Waals surface area contributed by atoms with Crippen molar-refractivity contribution in [3.05, 3.63) is 47.9 Å². The van der Waals surface area contributed by atoms with Crippen LogP contribution in [0.15, 0.2) is 36.5 Å². The zero-order chi connectivity index (χ0) is 15.0. The topological polar surface area (TPSA) is 75.2 Å². The molecule has 6 heteroatoms. The van der Waals surface area contributed by atoms with Gasteiger partial charge in [0.25, 0.3) is 0 Å². The summed E-state index contributed by atoms with van der Waals surface area (Å²) in [7, 11) is 1.27. The first kappa shape index (κ1) is 13.1. The normalized spacial score (nSPS) is 10.8. The van der Waals surface area contributed by atoms with Crippen LogP contribution in [-0.2, 0) is 4.74 Å². The van der Waals surface area contributed by atoms with Crippen molar-refractivity contribution < 1.29 is 19.0 Å². The van der Waals surface area contributed by atoms with Crippen molar-refractivity contribution in [1.29, 1.82) is 0 Å². The van der Waals surface area contributed by atoms with Crippen LogP contribution in [0.25, 0.3) is 22.0 Å². The van der Waals surface area contributed by atoms with Crippen LogP contribution in [0.3, 0.4) is 0 Å². The number of phenolic OH excluding ortho intramolecular Hbond substituents is 1. The van der Waals surface area contributed by atoms with Crippen molar-refractivity contribution in [1.82, 2.24) is 10.2 Å². The highest BCUT2D eigenvalue weighted by Gasteiger charge is 2.16. The molecule has 1 heterocycles. The van der Waals surface area contributed by atoms with Crippen molar-refractivity contribution in [2.45, 2.75) is 0 Å². The van der Waals surface area contributed by atoms with Crippen LogP contribution in [-0.4, -0.2) is 28.4 Å². The number of aromatic hydroxyl groups is 1. The number of nitrogens with one attached hydrogen (secondary N) is 1. The average molecular weight is 286 g/mol. The number of phenols is 1. The second-order valence-electron chi connectivity index (χ2n) is 4.49. The number of nitrogens with zero attached hydrogens (tertiary/aromatic N) is 1. The molecule has 0 saturated carbocycles. The Labute approximate surface area is 119 Å². The molecule has 21 heavy (non-hydrogen) atoms. The maximum Gasteiger partial charge on any atom is 0.338 e. The third kappa shape index (κ3) is 2.10. The summed E-state index contributed by atoms with van der Waals surface area (Å²) in [5, 5.41) is 16.7. The number of fused-ring (bicyclic) bond motifs is 1. The second-order valence-corrected chi connectivity index (χ2v) is 4.49. The molecule has 5 nitrogen and oxygen atoms in total. The van der Waals surface area contributed by atoms with Gasteiger partial charge >= 0.3 is 5.97 Å². The monoisotopic (exact) mass is 286 g/mol. The first-order valence-electron chi connectivity index (χ1n) is 6.15. The summed E-state index contributed by atoms with van der Waals surface area (Å²) in [4.78, 5) is 11.9. The van der Waals surface area contributed by atoms with Gasteiger partial charge in [0.05, 0.1) is 24.4 Å². The lowest BCUT2D eigenvalue weighted by molar-refractivity contribution is 0.0603. The largest absolute Gasteiger partial charge is 0.505 e. The minimum Gasteiger partial charge on any atom is -0.505 e. The number of H-pyrrole nitrogens is 1. The van der Waals surface area contributed by atoms with Crippen LogP contribution in [0.5, 0.6) is 5.75 Å². The van der Waals surface area contributed by atoms with Gasteiger partial charge in [-0.3, -0.25) is 5.10 Å². The highest BCUT2D eigenvalue weighted by atomic mass is 19.1. The number of benzene rings is 2. The molecule has 3 aromatic rings. The molecule has 2 aromatic carbocycles. The Kier molecular flexibility index (Phi) is 3.06. The van der Waals surface area contributed by atoms with Crippen molar-refractivity contribution in [2.24, 2.45) is 0 Å². The Morgan fingerprint density at radius 1 is 1.38 bits per heavy atom. The first-order chi connectivity index (χ1) is 10.1. The Balaban J connectivity index is 2.28. The number of hydrogen-bond donors (Lipinski definition) is 2. The molecule has 0 aliphatic carbocycles.